The predicted molar refractivity (Wildman–Crippen MR) is 138 cm³/mol. The fourth-order valence-electron chi connectivity index (χ4n) is 5.06. The second-order valence-corrected chi connectivity index (χ2v) is 20.7. The van der Waals surface area contributed by atoms with Crippen molar-refractivity contribution in [2.45, 2.75) is 32.7 Å². The van der Waals surface area contributed by atoms with E-state index in [0.29, 0.717) is 0 Å². The van der Waals surface area contributed by atoms with Crippen LogP contribution in [-0.2, 0) is 8.23 Å². The van der Waals surface area contributed by atoms with Gasteiger partial charge in [-0.25, -0.2) is 4.98 Å². The molecule has 0 radical (unpaired) electrons. The summed E-state index contributed by atoms with van der Waals surface area (Å²) in [5, 5.41) is 5.02. The van der Waals surface area contributed by atoms with Crippen LogP contribution in [0.1, 0.15) is 0 Å². The van der Waals surface area contributed by atoms with Crippen molar-refractivity contribution in [2.24, 2.45) is 0 Å². The Labute approximate surface area is 187 Å². The Morgan fingerprint density at radius 1 is 0.677 bits per heavy atom. The van der Waals surface area contributed by atoms with Crippen LogP contribution >= 0.6 is 0 Å². The average molecular weight is 459 g/mol. The van der Waals surface area contributed by atoms with Crippen molar-refractivity contribution >= 4 is 57.4 Å². The second-order valence-electron chi connectivity index (χ2n) is 9.64. The Kier molecular flexibility index (Phi) is 4.59. The van der Waals surface area contributed by atoms with E-state index in [1.54, 1.807) is 0 Å². The summed E-state index contributed by atoms with van der Waals surface area (Å²) in [7, 11) is -6.87. The zero-order valence-electron chi connectivity index (χ0n) is 18.8. The summed E-state index contributed by atoms with van der Waals surface area (Å²) in [5.74, 6) is 0. The minimum absolute atomic E-state index is 1.02. The average Bonchev–Trinajstić information content (AvgIpc) is 2.74. The normalized spacial score (nSPS) is 22.2. The van der Waals surface area contributed by atoms with Crippen molar-refractivity contribution in [3.8, 4) is 11.1 Å². The van der Waals surface area contributed by atoms with E-state index in [0.717, 1.165) is 11.0 Å². The highest BCUT2D eigenvalue weighted by molar-refractivity contribution is 7.03. The molecule has 1 aliphatic heterocycles. The molecular weight excluding hydrogens is 431 g/mol. The molecule has 31 heavy (non-hydrogen) atoms. The molecule has 0 fully saturated rings. The maximum atomic E-state index is 6.69. The Balaban J connectivity index is 1.93. The molecule has 1 unspecified atom stereocenters. The standard InChI is InChI=1S/C25H28NO2Si3/c1-29(2)23-16-20-22(17-24(23)30(3,4)28-31(5,6)27-29)26-21-15-11-10-14-19(21)25(20)18-12-8-7-9-13-18/h7-17H,5H2,1-4,6H3/q+1. The van der Waals surface area contributed by atoms with Crippen LogP contribution in [0.2, 0.25) is 32.7 Å². The molecule has 0 N–H and O–H groups in total. The van der Waals surface area contributed by atoms with E-state index < -0.39 is 25.2 Å². The zero-order chi connectivity index (χ0) is 22.0. The topological polar surface area (TPSA) is 31.4 Å². The smallest absolute Gasteiger partial charge is 0.397 e. The molecule has 0 aliphatic carbocycles. The largest absolute Gasteiger partial charge is 0.545 e. The van der Waals surface area contributed by atoms with Crippen molar-refractivity contribution < 1.29 is 8.23 Å². The van der Waals surface area contributed by atoms with E-state index >= 15 is 0 Å². The molecule has 1 aromatic heterocycles. The Morgan fingerprint density at radius 3 is 1.94 bits per heavy atom. The van der Waals surface area contributed by atoms with Crippen molar-refractivity contribution in [1.82, 2.24) is 4.98 Å². The van der Waals surface area contributed by atoms with Crippen LogP contribution in [0.4, 0.5) is 0 Å². The van der Waals surface area contributed by atoms with E-state index in [-0.39, 0.29) is 0 Å². The predicted octanol–water partition coefficient (Wildman–Crippen LogP) is 5.37. The van der Waals surface area contributed by atoms with Gasteiger partial charge in [0, 0.05) is 22.9 Å². The third-order valence-electron chi connectivity index (χ3n) is 6.12. The maximum Gasteiger partial charge on any atom is 0.545 e. The Morgan fingerprint density at radius 2 is 1.26 bits per heavy atom. The van der Waals surface area contributed by atoms with Crippen LogP contribution in [-0.4, -0.2) is 30.2 Å². The molecule has 1 atom stereocenters. The maximum absolute atomic E-state index is 6.69. The van der Waals surface area contributed by atoms with Gasteiger partial charge in [0.15, 0.2) is 0 Å². The molecule has 0 bridgehead atoms. The van der Waals surface area contributed by atoms with Crippen molar-refractivity contribution in [2.75, 3.05) is 0 Å². The monoisotopic (exact) mass is 458 g/mol. The molecule has 0 saturated heterocycles. The van der Waals surface area contributed by atoms with E-state index in [4.69, 9.17) is 13.2 Å². The van der Waals surface area contributed by atoms with E-state index in [1.165, 1.54) is 32.3 Å². The van der Waals surface area contributed by atoms with Gasteiger partial charge in [-0.05, 0) is 54.3 Å². The van der Waals surface area contributed by atoms with Gasteiger partial charge in [-0.1, -0.05) is 54.6 Å². The first-order valence-electron chi connectivity index (χ1n) is 10.8. The van der Waals surface area contributed by atoms with Gasteiger partial charge in [-0.15, -0.1) is 0 Å². The summed E-state index contributed by atoms with van der Waals surface area (Å²) in [4.78, 5) is 5.09. The third kappa shape index (κ3) is 3.48. The summed E-state index contributed by atoms with van der Waals surface area (Å²) in [6, 6.07) is 23.7. The third-order valence-corrected chi connectivity index (χ3v) is 17.3. The fraction of sp³-hybridized carbons (Fsp3) is 0.200. The lowest BCUT2D eigenvalue weighted by atomic mass is 9.96. The van der Waals surface area contributed by atoms with E-state index in [1.807, 2.05) is 0 Å². The molecule has 6 heteroatoms. The highest BCUT2D eigenvalue weighted by Crippen LogP contribution is 2.35. The quantitative estimate of drug-likeness (QED) is 0.218. The number of aromatic nitrogens is 1. The lowest BCUT2D eigenvalue weighted by molar-refractivity contribution is 0.411. The van der Waals surface area contributed by atoms with Gasteiger partial charge < -0.3 is 8.23 Å². The van der Waals surface area contributed by atoms with Crippen LogP contribution < -0.4 is 10.4 Å². The van der Waals surface area contributed by atoms with Crippen LogP contribution in [0.3, 0.4) is 0 Å². The van der Waals surface area contributed by atoms with Gasteiger partial charge in [0.1, 0.15) is 0 Å². The lowest BCUT2D eigenvalue weighted by Gasteiger charge is -2.26. The number of hydrogen-bond donors (Lipinski definition) is 0. The summed E-state index contributed by atoms with van der Waals surface area (Å²) in [6.07, 6.45) is 0. The number of nitrogens with zero attached hydrogens (tertiary/aromatic N) is 1. The lowest BCUT2D eigenvalue weighted by Crippen LogP contribution is -2.57. The Bertz CT molecular complexity index is 1320. The van der Waals surface area contributed by atoms with Gasteiger partial charge in [0.25, 0.3) is 0 Å². The highest BCUT2D eigenvalue weighted by atomic mass is 28.5. The number of benzene rings is 3. The van der Waals surface area contributed by atoms with Crippen molar-refractivity contribution in [1.29, 1.82) is 0 Å². The minimum Gasteiger partial charge on any atom is -0.397 e. The van der Waals surface area contributed by atoms with Crippen molar-refractivity contribution in [3.05, 3.63) is 73.3 Å². The van der Waals surface area contributed by atoms with Crippen molar-refractivity contribution in [3.63, 3.8) is 0 Å². The van der Waals surface area contributed by atoms with Crippen LogP contribution in [0.25, 0.3) is 32.9 Å². The van der Waals surface area contributed by atoms with E-state index in [2.05, 4.69) is 106 Å². The molecule has 0 amide bonds. The minimum atomic E-state index is -2.46. The molecule has 5 rings (SSSR count). The second kappa shape index (κ2) is 6.88. The first-order valence-corrected chi connectivity index (χ1v) is 19.1. The SMILES string of the molecule is [CH2+][Si]1(C)O[Si](C)(C)c2cc3nc4ccccc4c(-c4ccccc4)c3cc2[Si](C)(C)O1. The van der Waals surface area contributed by atoms with Crippen LogP contribution in [0, 0.1) is 6.55 Å². The fourth-order valence-corrected chi connectivity index (χ4v) is 19.3. The number of fused-ring (bicyclic) bond motifs is 3. The molecule has 2 heterocycles. The molecule has 1 aliphatic rings. The van der Waals surface area contributed by atoms with Gasteiger partial charge in [-0.2, -0.15) is 0 Å². The number of rotatable bonds is 1. The van der Waals surface area contributed by atoms with Gasteiger partial charge >= 0.3 is 8.56 Å². The molecule has 0 saturated carbocycles. The Hall–Kier alpha value is -2.23. The van der Waals surface area contributed by atoms with Gasteiger partial charge in [-0.3, -0.25) is 0 Å². The summed E-state index contributed by atoms with van der Waals surface area (Å²) >= 11 is 0. The molecule has 0 spiro atoms. The van der Waals surface area contributed by atoms with Crippen LogP contribution in [0.5, 0.6) is 0 Å². The number of pyridine rings is 1. The summed E-state index contributed by atoms with van der Waals surface area (Å²) < 4.78 is 13.3. The van der Waals surface area contributed by atoms with Gasteiger partial charge in [0.05, 0.1) is 17.6 Å². The van der Waals surface area contributed by atoms with Gasteiger partial charge in [0.2, 0.25) is 16.6 Å². The molecule has 3 aromatic carbocycles. The molecular formula is C25H28NO2Si3+. The first kappa shape index (κ1) is 20.7. The summed E-state index contributed by atoms with van der Waals surface area (Å²) in [6.45, 7) is 15.6. The van der Waals surface area contributed by atoms with E-state index in [9.17, 15) is 0 Å². The number of hydrogen-bond acceptors (Lipinski definition) is 3. The molecule has 3 nitrogen and oxygen atoms in total. The first-order chi connectivity index (χ1) is 14.6. The number of para-hydroxylation sites is 1. The highest BCUT2D eigenvalue weighted by Gasteiger charge is 2.53. The molecule has 156 valence electrons. The summed E-state index contributed by atoms with van der Waals surface area (Å²) in [5.41, 5.74) is 4.50. The molecule has 4 aromatic rings. The van der Waals surface area contributed by atoms with Crippen LogP contribution in [0.15, 0.2) is 66.7 Å². The zero-order valence-corrected chi connectivity index (χ0v) is 21.8.